The predicted octanol–water partition coefficient (Wildman–Crippen LogP) is 1.99. The first-order chi connectivity index (χ1) is 11.4. The van der Waals surface area contributed by atoms with Crippen molar-refractivity contribution in [2.24, 2.45) is 5.41 Å². The van der Waals surface area contributed by atoms with E-state index in [1.54, 1.807) is 17.1 Å². The molecule has 24 heavy (non-hydrogen) atoms. The highest BCUT2D eigenvalue weighted by atomic mass is 16.2. The number of likely N-dealkylation sites (tertiary alicyclic amines) is 1. The van der Waals surface area contributed by atoms with Crippen molar-refractivity contribution in [3.8, 4) is 5.82 Å². The molecule has 1 amide bonds. The molecule has 0 aromatic carbocycles. The number of rotatable bonds is 4. The summed E-state index contributed by atoms with van der Waals surface area (Å²) in [6.45, 7) is 7.04. The summed E-state index contributed by atoms with van der Waals surface area (Å²) >= 11 is 0. The zero-order chi connectivity index (χ0) is 17.3. The lowest BCUT2D eigenvalue weighted by atomic mass is 9.89. The SMILES string of the molecule is Cc1c(C(=O)N(C)C[C@]2(C)CCN(C)C2)cnn1-c1ccccn1. The van der Waals surface area contributed by atoms with E-state index in [4.69, 9.17) is 0 Å². The highest BCUT2D eigenvalue weighted by molar-refractivity contribution is 5.95. The van der Waals surface area contributed by atoms with Gasteiger partial charge in [0, 0.05) is 26.3 Å². The zero-order valence-electron chi connectivity index (χ0n) is 14.9. The number of carbonyl (C=O) groups excluding carboxylic acids is 1. The molecule has 0 N–H and O–H groups in total. The van der Waals surface area contributed by atoms with Crippen LogP contribution in [0.25, 0.3) is 5.82 Å². The van der Waals surface area contributed by atoms with Crippen LogP contribution in [0, 0.1) is 12.3 Å². The number of hydrogen-bond donors (Lipinski definition) is 0. The van der Waals surface area contributed by atoms with Crippen LogP contribution in [-0.2, 0) is 0 Å². The monoisotopic (exact) mass is 327 g/mol. The highest BCUT2D eigenvalue weighted by Crippen LogP contribution is 2.30. The van der Waals surface area contributed by atoms with Gasteiger partial charge in [-0.15, -0.1) is 0 Å². The Hall–Kier alpha value is -2.21. The third kappa shape index (κ3) is 3.19. The normalized spacial score (nSPS) is 21.2. The summed E-state index contributed by atoms with van der Waals surface area (Å²) in [6, 6.07) is 5.66. The van der Waals surface area contributed by atoms with E-state index in [0.29, 0.717) is 5.56 Å². The third-order valence-corrected chi connectivity index (χ3v) is 4.82. The van der Waals surface area contributed by atoms with Crippen molar-refractivity contribution in [1.82, 2.24) is 24.6 Å². The minimum Gasteiger partial charge on any atom is -0.341 e. The van der Waals surface area contributed by atoms with E-state index in [1.807, 2.05) is 37.1 Å². The molecule has 1 fully saturated rings. The van der Waals surface area contributed by atoms with Crippen LogP contribution in [-0.4, -0.2) is 64.2 Å². The maximum absolute atomic E-state index is 12.9. The molecular weight excluding hydrogens is 302 g/mol. The minimum atomic E-state index is 0.0189. The van der Waals surface area contributed by atoms with Crippen LogP contribution < -0.4 is 0 Å². The molecule has 2 aromatic heterocycles. The first-order valence-corrected chi connectivity index (χ1v) is 8.30. The van der Waals surface area contributed by atoms with Gasteiger partial charge >= 0.3 is 0 Å². The fourth-order valence-electron chi connectivity index (χ4n) is 3.58. The van der Waals surface area contributed by atoms with Crippen LogP contribution >= 0.6 is 0 Å². The topological polar surface area (TPSA) is 54.3 Å². The molecule has 0 bridgehead atoms. The molecule has 1 saturated heterocycles. The average molecular weight is 327 g/mol. The molecule has 1 aliphatic heterocycles. The van der Waals surface area contributed by atoms with Crippen molar-refractivity contribution in [2.45, 2.75) is 20.3 Å². The number of pyridine rings is 1. The molecule has 6 heteroatoms. The van der Waals surface area contributed by atoms with Gasteiger partial charge in [0.1, 0.15) is 0 Å². The van der Waals surface area contributed by atoms with Gasteiger partial charge in [0.2, 0.25) is 0 Å². The lowest BCUT2D eigenvalue weighted by molar-refractivity contribution is 0.0729. The number of carbonyl (C=O) groups is 1. The molecule has 3 rings (SSSR count). The Bertz CT molecular complexity index is 726. The van der Waals surface area contributed by atoms with Gasteiger partial charge in [-0.25, -0.2) is 9.67 Å². The first-order valence-electron chi connectivity index (χ1n) is 8.30. The van der Waals surface area contributed by atoms with E-state index in [9.17, 15) is 4.79 Å². The number of hydrogen-bond acceptors (Lipinski definition) is 4. The zero-order valence-corrected chi connectivity index (χ0v) is 14.9. The Labute approximate surface area is 143 Å². The predicted molar refractivity (Wildman–Crippen MR) is 93.3 cm³/mol. The smallest absolute Gasteiger partial charge is 0.257 e. The molecular formula is C18H25N5O. The van der Waals surface area contributed by atoms with Gasteiger partial charge < -0.3 is 9.80 Å². The molecule has 6 nitrogen and oxygen atoms in total. The molecule has 128 valence electrons. The largest absolute Gasteiger partial charge is 0.341 e. The van der Waals surface area contributed by atoms with E-state index in [1.165, 1.54) is 0 Å². The van der Waals surface area contributed by atoms with Crippen molar-refractivity contribution >= 4 is 5.91 Å². The molecule has 3 heterocycles. The minimum absolute atomic E-state index is 0.0189. The molecule has 0 unspecified atom stereocenters. The van der Waals surface area contributed by atoms with Gasteiger partial charge in [-0.2, -0.15) is 5.10 Å². The van der Waals surface area contributed by atoms with Crippen LogP contribution in [0.15, 0.2) is 30.6 Å². The molecule has 1 atom stereocenters. The number of amides is 1. The molecule has 0 radical (unpaired) electrons. The quantitative estimate of drug-likeness (QED) is 0.862. The highest BCUT2D eigenvalue weighted by Gasteiger charge is 2.34. The van der Waals surface area contributed by atoms with E-state index in [-0.39, 0.29) is 11.3 Å². The first kappa shape index (κ1) is 16.6. The Morgan fingerprint density at radius 1 is 1.42 bits per heavy atom. The summed E-state index contributed by atoms with van der Waals surface area (Å²) in [5.41, 5.74) is 1.61. The molecule has 0 spiro atoms. The van der Waals surface area contributed by atoms with Crippen LogP contribution in [0.5, 0.6) is 0 Å². The van der Waals surface area contributed by atoms with Crippen LogP contribution in [0.1, 0.15) is 29.4 Å². The van der Waals surface area contributed by atoms with Gasteiger partial charge in [-0.05, 0) is 44.5 Å². The molecule has 0 aliphatic carbocycles. The summed E-state index contributed by atoms with van der Waals surface area (Å²) in [5.74, 6) is 0.742. The lowest BCUT2D eigenvalue weighted by Crippen LogP contribution is -2.38. The average Bonchev–Trinajstić information content (AvgIpc) is 3.10. The fraction of sp³-hybridized carbons (Fsp3) is 0.500. The second-order valence-corrected chi connectivity index (χ2v) is 7.20. The summed E-state index contributed by atoms with van der Waals surface area (Å²) < 4.78 is 1.71. The summed E-state index contributed by atoms with van der Waals surface area (Å²) in [7, 11) is 4.01. The standard InChI is InChI=1S/C18H25N5O/c1-14-15(11-20-23(14)16-7-5-6-9-19-16)17(24)22(4)13-18(2)8-10-21(3)12-18/h5-7,9,11H,8,10,12-13H2,1-4H3/t18-/m1/s1. The molecule has 2 aromatic rings. The second-order valence-electron chi connectivity index (χ2n) is 7.20. The Morgan fingerprint density at radius 2 is 2.21 bits per heavy atom. The summed E-state index contributed by atoms with van der Waals surface area (Å²) in [6.07, 6.45) is 4.49. The van der Waals surface area contributed by atoms with Crippen molar-refractivity contribution in [1.29, 1.82) is 0 Å². The van der Waals surface area contributed by atoms with Crippen LogP contribution in [0.4, 0.5) is 0 Å². The van der Waals surface area contributed by atoms with Crippen molar-refractivity contribution in [3.63, 3.8) is 0 Å². The molecule has 1 aliphatic rings. The third-order valence-electron chi connectivity index (χ3n) is 4.82. The fourth-order valence-corrected chi connectivity index (χ4v) is 3.58. The van der Waals surface area contributed by atoms with Gasteiger partial charge in [-0.1, -0.05) is 13.0 Å². The van der Waals surface area contributed by atoms with E-state index in [2.05, 4.69) is 29.0 Å². The number of aromatic nitrogens is 3. The lowest BCUT2D eigenvalue weighted by Gasteiger charge is -2.29. The van der Waals surface area contributed by atoms with Crippen molar-refractivity contribution < 1.29 is 4.79 Å². The second kappa shape index (κ2) is 6.36. The van der Waals surface area contributed by atoms with Crippen molar-refractivity contribution in [2.75, 3.05) is 33.7 Å². The van der Waals surface area contributed by atoms with Crippen LogP contribution in [0.2, 0.25) is 0 Å². The van der Waals surface area contributed by atoms with Gasteiger partial charge in [0.25, 0.3) is 5.91 Å². The number of nitrogens with zero attached hydrogens (tertiary/aromatic N) is 5. The van der Waals surface area contributed by atoms with Gasteiger partial charge in [0.05, 0.1) is 17.5 Å². The van der Waals surface area contributed by atoms with E-state index >= 15 is 0 Å². The van der Waals surface area contributed by atoms with Gasteiger partial charge in [0.15, 0.2) is 5.82 Å². The van der Waals surface area contributed by atoms with Crippen molar-refractivity contribution in [3.05, 3.63) is 41.9 Å². The Kier molecular flexibility index (Phi) is 4.41. The Morgan fingerprint density at radius 3 is 2.83 bits per heavy atom. The van der Waals surface area contributed by atoms with Gasteiger partial charge in [-0.3, -0.25) is 4.79 Å². The maximum atomic E-state index is 12.9. The van der Waals surface area contributed by atoms with E-state index < -0.39 is 0 Å². The van der Waals surface area contributed by atoms with E-state index in [0.717, 1.165) is 37.6 Å². The van der Waals surface area contributed by atoms with Crippen LogP contribution in [0.3, 0.4) is 0 Å². The Balaban J connectivity index is 1.77. The summed E-state index contributed by atoms with van der Waals surface area (Å²) in [4.78, 5) is 21.3. The summed E-state index contributed by atoms with van der Waals surface area (Å²) in [5, 5.41) is 4.35. The maximum Gasteiger partial charge on any atom is 0.257 e. The molecule has 0 saturated carbocycles.